The van der Waals surface area contributed by atoms with Crippen molar-refractivity contribution in [3.05, 3.63) is 29.8 Å². The van der Waals surface area contributed by atoms with Crippen molar-refractivity contribution in [2.75, 3.05) is 18.5 Å². The standard InChI is InChI=1S/C13H17N3S/c1-3-4-8-15-13(17)16(2)12-7-5-6-11(9-12)10-14/h5-7,9H,3-4,8H2,1-2H3,(H,15,17). The van der Waals surface area contributed by atoms with Crippen molar-refractivity contribution >= 4 is 23.0 Å². The molecule has 17 heavy (non-hydrogen) atoms. The molecule has 4 heteroatoms. The molecule has 0 aliphatic carbocycles. The number of hydrogen-bond donors (Lipinski definition) is 1. The molecule has 0 saturated carbocycles. The van der Waals surface area contributed by atoms with Gasteiger partial charge in [0.1, 0.15) is 0 Å². The van der Waals surface area contributed by atoms with E-state index in [2.05, 4.69) is 18.3 Å². The predicted molar refractivity (Wildman–Crippen MR) is 75.1 cm³/mol. The summed E-state index contributed by atoms with van der Waals surface area (Å²) in [6, 6.07) is 9.53. The van der Waals surface area contributed by atoms with Crippen molar-refractivity contribution in [3.63, 3.8) is 0 Å². The molecule has 0 atom stereocenters. The van der Waals surface area contributed by atoms with Gasteiger partial charge in [-0.3, -0.25) is 0 Å². The van der Waals surface area contributed by atoms with Gasteiger partial charge < -0.3 is 10.2 Å². The zero-order valence-electron chi connectivity index (χ0n) is 10.2. The van der Waals surface area contributed by atoms with E-state index in [1.807, 2.05) is 30.1 Å². The molecule has 0 spiro atoms. The van der Waals surface area contributed by atoms with Crippen LogP contribution in [0.1, 0.15) is 25.3 Å². The molecule has 0 amide bonds. The summed E-state index contributed by atoms with van der Waals surface area (Å²) in [5.74, 6) is 0. The van der Waals surface area contributed by atoms with Gasteiger partial charge in [0.15, 0.2) is 5.11 Å². The van der Waals surface area contributed by atoms with Gasteiger partial charge in [-0.05, 0) is 36.8 Å². The molecule has 0 fully saturated rings. The minimum Gasteiger partial charge on any atom is -0.362 e. The number of benzene rings is 1. The van der Waals surface area contributed by atoms with Gasteiger partial charge in [0.2, 0.25) is 0 Å². The van der Waals surface area contributed by atoms with Crippen LogP contribution in [0.5, 0.6) is 0 Å². The fraction of sp³-hybridized carbons (Fsp3) is 0.385. The number of nitrogens with zero attached hydrogens (tertiary/aromatic N) is 2. The average Bonchev–Trinajstić information content (AvgIpc) is 2.38. The van der Waals surface area contributed by atoms with Crippen LogP contribution in [0.25, 0.3) is 0 Å². The number of nitrogens with one attached hydrogen (secondary N) is 1. The number of nitriles is 1. The number of anilines is 1. The maximum Gasteiger partial charge on any atom is 0.173 e. The maximum atomic E-state index is 8.84. The second kappa shape index (κ2) is 6.87. The Morgan fingerprint density at radius 1 is 1.53 bits per heavy atom. The summed E-state index contributed by atoms with van der Waals surface area (Å²) in [7, 11) is 1.90. The Kier molecular flexibility index (Phi) is 5.44. The lowest BCUT2D eigenvalue weighted by Gasteiger charge is -2.21. The molecule has 3 nitrogen and oxygen atoms in total. The third-order valence-corrected chi connectivity index (χ3v) is 2.89. The third-order valence-electron chi connectivity index (χ3n) is 2.47. The molecular formula is C13H17N3S. The molecule has 0 aromatic heterocycles. The SMILES string of the molecule is CCCCNC(=S)N(C)c1cccc(C#N)c1. The van der Waals surface area contributed by atoms with Crippen LogP contribution in [0, 0.1) is 11.3 Å². The van der Waals surface area contributed by atoms with Gasteiger partial charge in [-0.15, -0.1) is 0 Å². The Bertz CT molecular complexity index is 423. The second-order valence-electron chi connectivity index (χ2n) is 3.81. The Balaban J connectivity index is 2.65. The van der Waals surface area contributed by atoms with Gasteiger partial charge in [-0.25, -0.2) is 0 Å². The molecule has 0 aliphatic rings. The Hall–Kier alpha value is -1.60. The van der Waals surface area contributed by atoms with E-state index >= 15 is 0 Å². The van der Waals surface area contributed by atoms with Crippen molar-refractivity contribution in [1.29, 1.82) is 5.26 Å². The van der Waals surface area contributed by atoms with Crippen LogP contribution in [-0.2, 0) is 0 Å². The molecular weight excluding hydrogens is 230 g/mol. The topological polar surface area (TPSA) is 39.1 Å². The van der Waals surface area contributed by atoms with Gasteiger partial charge in [0, 0.05) is 19.3 Å². The number of unbranched alkanes of at least 4 members (excludes halogenated alkanes) is 1. The third kappa shape index (κ3) is 4.04. The summed E-state index contributed by atoms with van der Waals surface area (Å²) in [6.07, 6.45) is 2.25. The van der Waals surface area contributed by atoms with Gasteiger partial charge in [0.05, 0.1) is 11.6 Å². The minimum atomic E-state index is 0.644. The van der Waals surface area contributed by atoms with E-state index in [0.717, 1.165) is 25.1 Å². The lowest BCUT2D eigenvalue weighted by atomic mass is 10.2. The number of hydrogen-bond acceptors (Lipinski definition) is 2. The predicted octanol–water partition coefficient (Wildman–Crippen LogP) is 2.67. The van der Waals surface area contributed by atoms with E-state index in [1.54, 1.807) is 6.07 Å². The zero-order chi connectivity index (χ0) is 12.7. The van der Waals surface area contributed by atoms with E-state index in [-0.39, 0.29) is 0 Å². The molecule has 0 unspecified atom stereocenters. The first-order valence-electron chi connectivity index (χ1n) is 5.70. The Morgan fingerprint density at radius 2 is 2.29 bits per heavy atom. The molecule has 0 saturated heterocycles. The largest absolute Gasteiger partial charge is 0.362 e. The van der Waals surface area contributed by atoms with Crippen LogP contribution < -0.4 is 10.2 Å². The first-order valence-corrected chi connectivity index (χ1v) is 6.11. The van der Waals surface area contributed by atoms with E-state index in [1.165, 1.54) is 0 Å². The lowest BCUT2D eigenvalue weighted by molar-refractivity contribution is 0.754. The molecule has 1 rings (SSSR count). The van der Waals surface area contributed by atoms with Crippen molar-refractivity contribution in [3.8, 4) is 6.07 Å². The quantitative estimate of drug-likeness (QED) is 0.656. The van der Waals surface area contributed by atoms with E-state index in [4.69, 9.17) is 17.5 Å². The van der Waals surface area contributed by atoms with Crippen LogP contribution in [-0.4, -0.2) is 18.7 Å². The first-order chi connectivity index (χ1) is 8.19. The van der Waals surface area contributed by atoms with Gasteiger partial charge in [-0.1, -0.05) is 19.4 Å². The molecule has 0 heterocycles. The van der Waals surface area contributed by atoms with E-state index in [0.29, 0.717) is 10.7 Å². The lowest BCUT2D eigenvalue weighted by Crippen LogP contribution is -2.37. The fourth-order valence-corrected chi connectivity index (χ4v) is 1.60. The van der Waals surface area contributed by atoms with Crippen LogP contribution >= 0.6 is 12.2 Å². The van der Waals surface area contributed by atoms with E-state index < -0.39 is 0 Å². The molecule has 90 valence electrons. The van der Waals surface area contributed by atoms with Crippen molar-refractivity contribution in [2.24, 2.45) is 0 Å². The van der Waals surface area contributed by atoms with E-state index in [9.17, 15) is 0 Å². The fourth-order valence-electron chi connectivity index (χ4n) is 1.39. The van der Waals surface area contributed by atoms with Crippen molar-refractivity contribution in [1.82, 2.24) is 5.32 Å². The minimum absolute atomic E-state index is 0.644. The number of rotatable bonds is 4. The first kappa shape index (κ1) is 13.5. The van der Waals surface area contributed by atoms with Crippen molar-refractivity contribution < 1.29 is 0 Å². The number of thiocarbonyl (C=S) groups is 1. The van der Waals surface area contributed by atoms with Gasteiger partial charge in [0.25, 0.3) is 0 Å². The Labute approximate surface area is 108 Å². The molecule has 1 aromatic rings. The normalized spacial score (nSPS) is 9.47. The maximum absolute atomic E-state index is 8.84. The van der Waals surface area contributed by atoms with Crippen LogP contribution in [0.3, 0.4) is 0 Å². The summed E-state index contributed by atoms with van der Waals surface area (Å²) in [6.45, 7) is 3.03. The summed E-state index contributed by atoms with van der Waals surface area (Å²) in [5.41, 5.74) is 1.57. The summed E-state index contributed by atoms with van der Waals surface area (Å²) < 4.78 is 0. The zero-order valence-corrected chi connectivity index (χ0v) is 11.0. The highest BCUT2D eigenvalue weighted by atomic mass is 32.1. The summed E-state index contributed by atoms with van der Waals surface area (Å²) in [4.78, 5) is 1.88. The monoisotopic (exact) mass is 247 g/mol. The van der Waals surface area contributed by atoms with Crippen LogP contribution in [0.15, 0.2) is 24.3 Å². The highest BCUT2D eigenvalue weighted by Crippen LogP contribution is 2.14. The molecule has 1 aromatic carbocycles. The van der Waals surface area contributed by atoms with Gasteiger partial charge in [-0.2, -0.15) is 5.26 Å². The summed E-state index contributed by atoms with van der Waals surface area (Å²) in [5, 5.41) is 12.7. The molecule has 1 N–H and O–H groups in total. The van der Waals surface area contributed by atoms with Gasteiger partial charge >= 0.3 is 0 Å². The average molecular weight is 247 g/mol. The van der Waals surface area contributed by atoms with Crippen LogP contribution in [0.2, 0.25) is 0 Å². The van der Waals surface area contributed by atoms with Crippen LogP contribution in [0.4, 0.5) is 5.69 Å². The highest BCUT2D eigenvalue weighted by molar-refractivity contribution is 7.80. The smallest absolute Gasteiger partial charge is 0.173 e. The Morgan fingerprint density at radius 3 is 2.94 bits per heavy atom. The summed E-state index contributed by atoms with van der Waals surface area (Å²) >= 11 is 5.28. The van der Waals surface area contributed by atoms with Crippen molar-refractivity contribution in [2.45, 2.75) is 19.8 Å². The molecule has 0 radical (unpaired) electrons. The second-order valence-corrected chi connectivity index (χ2v) is 4.19. The molecule has 0 aliphatic heterocycles. The molecule has 0 bridgehead atoms. The highest BCUT2D eigenvalue weighted by Gasteiger charge is 2.06.